The van der Waals surface area contributed by atoms with Gasteiger partial charge in [0.2, 0.25) is 0 Å². The van der Waals surface area contributed by atoms with Gasteiger partial charge in [-0.3, -0.25) is 0 Å². The fourth-order valence-corrected chi connectivity index (χ4v) is 0. The maximum Gasteiger partial charge on any atom is 3.00 e. The van der Waals surface area contributed by atoms with Gasteiger partial charge in [-0.05, 0) is 0 Å². The van der Waals surface area contributed by atoms with Gasteiger partial charge in [-0.15, -0.1) is 0 Å². The molecular weight excluding hydrogens is 319 g/mol. The van der Waals surface area contributed by atoms with Crippen molar-refractivity contribution in [1.82, 2.24) is 0 Å². The van der Waals surface area contributed by atoms with E-state index in [9.17, 15) is 9.79 Å². The Hall–Kier alpha value is 1.61. The average Bonchev–Trinajstić information content (AvgIpc) is 2.01. The molecule has 0 fully saturated rings. The molecule has 0 saturated carbocycles. The third-order valence-corrected chi connectivity index (χ3v) is 0.707. The van der Waals surface area contributed by atoms with Crippen molar-refractivity contribution in [1.29, 1.82) is 0 Å². The fourth-order valence-electron chi connectivity index (χ4n) is 0. The minimum atomic E-state index is -3.72. The van der Waals surface area contributed by atoms with Crippen LogP contribution < -0.4 is 9.79 Å². The molecule has 1 radical (unpaired) electrons. The summed E-state index contributed by atoms with van der Waals surface area (Å²) in [4.78, 5) is 18.6. The fraction of sp³-hybridized carbons (Fsp3) is 0.750. The molecule has 0 unspecified atom stereocenters. The normalized spacial score (nSPS) is 8.50. The predicted molar refractivity (Wildman–Crippen MR) is 62.2 cm³/mol. The Morgan fingerprint density at radius 3 is 1.21 bits per heavy atom. The molecule has 0 heterocycles. The maximum atomic E-state index is 9.29. The first-order valence-corrected chi connectivity index (χ1v) is 7.80. The third-order valence-electron chi connectivity index (χ3n) is 0.707. The summed E-state index contributed by atoms with van der Waals surface area (Å²) in [5.74, 6) is 0. The van der Waals surface area contributed by atoms with E-state index in [1.807, 2.05) is 0 Å². The molecule has 0 bridgehead atoms. The van der Waals surface area contributed by atoms with Crippen LogP contribution in [-0.4, -0.2) is 0 Å². The van der Waals surface area contributed by atoms with E-state index in [1.54, 1.807) is 0 Å². The number of rotatable bonds is 2. The van der Waals surface area contributed by atoms with Crippen molar-refractivity contribution in [3.8, 4) is 0 Å². The first-order chi connectivity index (χ1) is 5.83. The first kappa shape index (κ1) is 24.7. The van der Waals surface area contributed by atoms with Crippen molar-refractivity contribution in [2.24, 2.45) is 0 Å². The Morgan fingerprint density at radius 2 is 1.21 bits per heavy atom. The van der Waals surface area contributed by atoms with Gasteiger partial charge in [-0.2, -0.15) is 24.6 Å². The second-order valence-electron chi connectivity index (χ2n) is 2.15. The number of hydrogen-bond acceptors (Lipinski definition) is 4. The molecule has 0 aromatic heterocycles. The van der Waals surface area contributed by atoms with Crippen molar-refractivity contribution >= 4 is 29.7 Å². The summed E-state index contributed by atoms with van der Waals surface area (Å²) < 4.78 is 0. The molecule has 0 aromatic rings. The van der Waals surface area contributed by atoms with Crippen LogP contribution in [0.3, 0.4) is 0 Å². The van der Waals surface area contributed by atoms with Crippen LogP contribution in [0, 0.1) is 13.8 Å². The van der Waals surface area contributed by atoms with Gasteiger partial charge in [0.25, 0.3) is 0 Å². The zero-order valence-corrected chi connectivity index (χ0v) is 13.3. The van der Waals surface area contributed by atoms with Crippen molar-refractivity contribution in [3.05, 3.63) is 13.8 Å². The van der Waals surface area contributed by atoms with E-state index in [-0.39, 0.29) is 21.1 Å². The van der Waals surface area contributed by atoms with Crippen molar-refractivity contribution in [2.75, 3.05) is 0 Å². The molecule has 0 amide bonds. The Morgan fingerprint density at radius 1 is 1.14 bits per heavy atom. The SMILES string of the molecule is [CH2-]CCC.[CH2-]CCC.[Mo+3].[O-]P([O-])(=S)[S-]. The van der Waals surface area contributed by atoms with Gasteiger partial charge in [0.15, 0.2) is 0 Å². The van der Waals surface area contributed by atoms with Crippen molar-refractivity contribution in [2.45, 2.75) is 39.5 Å². The summed E-state index contributed by atoms with van der Waals surface area (Å²) in [6.07, 6.45) is 4.56. The van der Waals surface area contributed by atoms with Crippen molar-refractivity contribution in [3.63, 3.8) is 0 Å². The average molecular weight is 337 g/mol. The summed E-state index contributed by atoms with van der Waals surface area (Å²) in [6, 6.07) is 0. The zero-order valence-electron chi connectivity index (χ0n) is 8.73. The molecule has 87 valence electrons. The van der Waals surface area contributed by atoms with Crippen LogP contribution in [-0.2, 0) is 45.1 Å². The van der Waals surface area contributed by atoms with E-state index in [1.165, 1.54) is 12.8 Å². The number of hydrogen-bond donors (Lipinski definition) is 0. The van der Waals surface area contributed by atoms with Crippen LogP contribution in [0.15, 0.2) is 0 Å². The van der Waals surface area contributed by atoms with E-state index >= 15 is 0 Å². The van der Waals surface area contributed by atoms with Gasteiger partial charge < -0.3 is 41.6 Å². The summed E-state index contributed by atoms with van der Waals surface area (Å²) in [7, 11) is 0. The molecule has 0 aromatic carbocycles. The van der Waals surface area contributed by atoms with Crippen molar-refractivity contribution < 1.29 is 30.9 Å². The minimum absolute atomic E-state index is 0. The molecule has 0 aliphatic carbocycles. The zero-order chi connectivity index (χ0) is 11.3. The Bertz CT molecular complexity index is 104. The molecule has 0 N–H and O–H groups in total. The Labute approximate surface area is 113 Å². The molecule has 0 rings (SSSR count). The molecule has 0 spiro atoms. The summed E-state index contributed by atoms with van der Waals surface area (Å²) in [5, 5.41) is 0. The second-order valence-corrected chi connectivity index (χ2v) is 6.63. The number of unbranched alkanes of at least 4 members (excludes halogenated alkanes) is 2. The van der Waals surface area contributed by atoms with Crippen LogP contribution in [0.4, 0.5) is 0 Å². The van der Waals surface area contributed by atoms with E-state index in [4.69, 9.17) is 0 Å². The molecule has 2 nitrogen and oxygen atoms in total. The van der Waals surface area contributed by atoms with Crippen LogP contribution >= 0.6 is 5.69 Å². The van der Waals surface area contributed by atoms with Crippen LogP contribution in [0.2, 0.25) is 0 Å². The van der Waals surface area contributed by atoms with E-state index in [2.05, 4.69) is 51.8 Å². The quantitative estimate of drug-likeness (QED) is 0.333. The van der Waals surface area contributed by atoms with Crippen LogP contribution in [0.1, 0.15) is 39.5 Å². The van der Waals surface area contributed by atoms with E-state index in [0.29, 0.717) is 0 Å². The van der Waals surface area contributed by atoms with Gasteiger partial charge in [0.05, 0.1) is 0 Å². The summed E-state index contributed by atoms with van der Waals surface area (Å²) in [5.41, 5.74) is -3.72. The minimum Gasteiger partial charge on any atom is -0.850 e. The predicted octanol–water partition coefficient (Wildman–Crippen LogP) is 1.72. The van der Waals surface area contributed by atoms with Gasteiger partial charge in [0.1, 0.15) is 0 Å². The molecule has 0 aliphatic rings. The largest absolute Gasteiger partial charge is 3.00 e. The molecule has 0 saturated heterocycles. The van der Waals surface area contributed by atoms with Gasteiger partial charge in [-0.1, -0.05) is 26.7 Å². The third kappa shape index (κ3) is 166. The maximum absolute atomic E-state index is 9.29. The Balaban J connectivity index is -0.0000000522. The monoisotopic (exact) mass is 339 g/mol. The molecule has 14 heavy (non-hydrogen) atoms. The molecule has 6 heteroatoms. The summed E-state index contributed by atoms with van der Waals surface area (Å²) in [6.45, 7) is 11.4. The molecule has 0 atom stereocenters. The van der Waals surface area contributed by atoms with Gasteiger partial charge in [0, 0.05) is 0 Å². The van der Waals surface area contributed by atoms with Crippen LogP contribution in [0.5, 0.6) is 0 Å². The molecule has 0 aliphatic heterocycles. The standard InChI is InChI=1S/2C4H9.Mo.H3O2PS2/c2*1-3-4-2;;1-3(2,4)5/h2*1,3-4H2,2H3;;(H3,1,2,4,5)/q2*-1;+3;/p-3. The first-order valence-electron chi connectivity index (χ1n) is 4.14. The summed E-state index contributed by atoms with van der Waals surface area (Å²) >= 11 is 7.28. The van der Waals surface area contributed by atoms with Gasteiger partial charge >= 0.3 is 21.1 Å². The second kappa shape index (κ2) is 20.1. The topological polar surface area (TPSA) is 46.1 Å². The van der Waals surface area contributed by atoms with E-state index in [0.717, 1.165) is 12.8 Å². The molecular formula is C8H18MoO2PS2-2. The smallest absolute Gasteiger partial charge is 0.850 e. The Kier molecular flexibility index (Phi) is 35.4. The van der Waals surface area contributed by atoms with Crippen LogP contribution in [0.25, 0.3) is 0 Å². The van der Waals surface area contributed by atoms with E-state index < -0.39 is 5.69 Å². The van der Waals surface area contributed by atoms with Gasteiger partial charge in [-0.25, -0.2) is 0 Å².